The summed E-state index contributed by atoms with van der Waals surface area (Å²) in [6.07, 6.45) is 6.23. The fourth-order valence-corrected chi connectivity index (χ4v) is 3.41. The topological polar surface area (TPSA) is 64.2 Å². The van der Waals surface area contributed by atoms with Crippen LogP contribution in [0.4, 0.5) is 0 Å². The van der Waals surface area contributed by atoms with Crippen LogP contribution in [-0.2, 0) is 6.54 Å². The van der Waals surface area contributed by atoms with Crippen LogP contribution in [0.25, 0.3) is 0 Å². The molecule has 1 atom stereocenters. The van der Waals surface area contributed by atoms with Crippen molar-refractivity contribution in [3.05, 3.63) is 72.2 Å². The Labute approximate surface area is 146 Å². The van der Waals surface area contributed by atoms with Crippen molar-refractivity contribution < 1.29 is 9.21 Å². The molecule has 6 heteroatoms. The lowest BCUT2D eigenvalue weighted by Gasteiger charge is -2.34. The molecular formula is C19H20N4O2. The van der Waals surface area contributed by atoms with Gasteiger partial charge in [0, 0.05) is 6.54 Å². The first-order valence-electron chi connectivity index (χ1n) is 8.59. The summed E-state index contributed by atoms with van der Waals surface area (Å²) in [4.78, 5) is 14.7. The molecule has 128 valence electrons. The fraction of sp³-hybridized carbons (Fsp3) is 0.316. The molecule has 3 aromatic rings. The van der Waals surface area contributed by atoms with Crippen molar-refractivity contribution >= 4 is 5.91 Å². The van der Waals surface area contributed by atoms with Gasteiger partial charge in [0.25, 0.3) is 5.91 Å². The van der Waals surface area contributed by atoms with Crippen molar-refractivity contribution in [1.29, 1.82) is 0 Å². The van der Waals surface area contributed by atoms with Gasteiger partial charge in [-0.1, -0.05) is 30.3 Å². The molecule has 2 aromatic heterocycles. The molecule has 1 unspecified atom stereocenters. The van der Waals surface area contributed by atoms with E-state index in [0.717, 1.165) is 25.1 Å². The number of piperidine rings is 1. The van der Waals surface area contributed by atoms with Crippen molar-refractivity contribution in [2.75, 3.05) is 6.54 Å². The maximum atomic E-state index is 12.8. The van der Waals surface area contributed by atoms with Gasteiger partial charge in [-0.3, -0.25) is 4.79 Å². The van der Waals surface area contributed by atoms with Crippen LogP contribution >= 0.6 is 0 Å². The number of carbonyl (C=O) groups excluding carboxylic acids is 1. The second-order valence-electron chi connectivity index (χ2n) is 6.29. The van der Waals surface area contributed by atoms with E-state index in [-0.39, 0.29) is 11.9 Å². The summed E-state index contributed by atoms with van der Waals surface area (Å²) in [5, 5.41) is 8.44. The lowest BCUT2D eigenvalue weighted by molar-refractivity contribution is 0.0562. The first-order valence-corrected chi connectivity index (χ1v) is 8.59. The Morgan fingerprint density at radius 1 is 1.16 bits per heavy atom. The van der Waals surface area contributed by atoms with Gasteiger partial charge < -0.3 is 13.9 Å². The molecule has 1 fully saturated rings. The van der Waals surface area contributed by atoms with E-state index < -0.39 is 0 Å². The minimum absolute atomic E-state index is 0.0717. The van der Waals surface area contributed by atoms with Crippen LogP contribution in [0.5, 0.6) is 0 Å². The molecule has 0 aliphatic carbocycles. The van der Waals surface area contributed by atoms with Crippen molar-refractivity contribution in [2.24, 2.45) is 0 Å². The zero-order chi connectivity index (χ0) is 17.1. The average Bonchev–Trinajstić information content (AvgIpc) is 3.34. The summed E-state index contributed by atoms with van der Waals surface area (Å²) >= 11 is 0. The lowest BCUT2D eigenvalue weighted by Crippen LogP contribution is -2.39. The minimum atomic E-state index is -0.0797. The van der Waals surface area contributed by atoms with Crippen LogP contribution in [-0.4, -0.2) is 32.1 Å². The lowest BCUT2D eigenvalue weighted by atomic mass is 10.0. The van der Waals surface area contributed by atoms with E-state index in [9.17, 15) is 4.79 Å². The highest BCUT2D eigenvalue weighted by Gasteiger charge is 2.33. The monoisotopic (exact) mass is 336 g/mol. The van der Waals surface area contributed by atoms with Gasteiger partial charge in [0.15, 0.2) is 11.6 Å². The number of carbonyl (C=O) groups is 1. The predicted octanol–water partition coefficient (Wildman–Crippen LogP) is 3.29. The van der Waals surface area contributed by atoms with Gasteiger partial charge in [0.1, 0.15) is 6.33 Å². The zero-order valence-electron chi connectivity index (χ0n) is 13.9. The van der Waals surface area contributed by atoms with Crippen molar-refractivity contribution in [3.63, 3.8) is 0 Å². The SMILES string of the molecule is O=C(c1ccco1)N1CCCCC1c1nncn1Cc1ccccc1. The van der Waals surface area contributed by atoms with Gasteiger partial charge in [0.05, 0.1) is 18.8 Å². The smallest absolute Gasteiger partial charge is 0.290 e. The number of hydrogen-bond acceptors (Lipinski definition) is 4. The Morgan fingerprint density at radius 2 is 2.04 bits per heavy atom. The van der Waals surface area contributed by atoms with Gasteiger partial charge >= 0.3 is 0 Å². The van der Waals surface area contributed by atoms with E-state index in [1.165, 1.54) is 11.8 Å². The number of likely N-dealkylation sites (tertiary alicyclic amines) is 1. The third kappa shape index (κ3) is 3.20. The second kappa shape index (κ2) is 6.93. The molecule has 0 saturated carbocycles. The quantitative estimate of drug-likeness (QED) is 0.733. The van der Waals surface area contributed by atoms with Gasteiger partial charge in [-0.15, -0.1) is 10.2 Å². The van der Waals surface area contributed by atoms with Crippen molar-refractivity contribution in [3.8, 4) is 0 Å². The highest BCUT2D eigenvalue weighted by molar-refractivity contribution is 5.91. The molecule has 0 N–H and O–H groups in total. The maximum Gasteiger partial charge on any atom is 0.290 e. The van der Waals surface area contributed by atoms with Crippen LogP contribution in [0.15, 0.2) is 59.5 Å². The van der Waals surface area contributed by atoms with Crippen LogP contribution < -0.4 is 0 Å². The van der Waals surface area contributed by atoms with E-state index in [2.05, 4.69) is 22.3 Å². The molecule has 25 heavy (non-hydrogen) atoms. The first kappa shape index (κ1) is 15.6. The maximum absolute atomic E-state index is 12.8. The number of hydrogen-bond donors (Lipinski definition) is 0. The number of furan rings is 1. The summed E-state index contributed by atoms with van der Waals surface area (Å²) in [6, 6.07) is 13.6. The van der Waals surface area contributed by atoms with E-state index in [1.807, 2.05) is 27.7 Å². The first-order chi connectivity index (χ1) is 12.3. The summed E-state index contributed by atoms with van der Waals surface area (Å²) in [5.74, 6) is 1.13. The molecule has 1 amide bonds. The Hall–Kier alpha value is -2.89. The molecule has 1 aliphatic heterocycles. The summed E-state index contributed by atoms with van der Waals surface area (Å²) in [5.41, 5.74) is 1.18. The normalized spacial score (nSPS) is 17.6. The summed E-state index contributed by atoms with van der Waals surface area (Å²) in [7, 11) is 0. The van der Waals surface area contributed by atoms with Crippen molar-refractivity contribution in [1.82, 2.24) is 19.7 Å². The molecular weight excluding hydrogens is 316 g/mol. The van der Waals surface area contributed by atoms with E-state index in [0.29, 0.717) is 18.8 Å². The molecule has 4 rings (SSSR count). The molecule has 0 bridgehead atoms. The Morgan fingerprint density at radius 3 is 2.84 bits per heavy atom. The number of aromatic nitrogens is 3. The second-order valence-corrected chi connectivity index (χ2v) is 6.29. The third-order valence-electron chi connectivity index (χ3n) is 4.63. The Kier molecular flexibility index (Phi) is 4.33. The van der Waals surface area contributed by atoms with Gasteiger partial charge in [-0.05, 0) is 37.0 Å². The molecule has 1 aliphatic rings. The molecule has 1 saturated heterocycles. The number of benzene rings is 1. The van der Waals surface area contributed by atoms with E-state index in [4.69, 9.17) is 4.42 Å². The van der Waals surface area contributed by atoms with Crippen molar-refractivity contribution in [2.45, 2.75) is 31.8 Å². The Balaban J connectivity index is 1.61. The molecule has 6 nitrogen and oxygen atoms in total. The number of nitrogens with zero attached hydrogens (tertiary/aromatic N) is 4. The Bertz CT molecular complexity index is 826. The average molecular weight is 336 g/mol. The van der Waals surface area contributed by atoms with E-state index in [1.54, 1.807) is 18.5 Å². The summed E-state index contributed by atoms with van der Waals surface area (Å²) < 4.78 is 7.34. The van der Waals surface area contributed by atoms with Crippen LogP contribution in [0, 0.1) is 0 Å². The van der Waals surface area contributed by atoms with Gasteiger partial charge in [-0.25, -0.2) is 0 Å². The molecule has 3 heterocycles. The van der Waals surface area contributed by atoms with Gasteiger partial charge in [-0.2, -0.15) is 0 Å². The molecule has 0 spiro atoms. The van der Waals surface area contributed by atoms with Crippen LogP contribution in [0.3, 0.4) is 0 Å². The number of amides is 1. The number of rotatable bonds is 4. The van der Waals surface area contributed by atoms with Crippen LogP contribution in [0.2, 0.25) is 0 Å². The third-order valence-corrected chi connectivity index (χ3v) is 4.63. The van der Waals surface area contributed by atoms with Crippen LogP contribution in [0.1, 0.15) is 47.2 Å². The van der Waals surface area contributed by atoms with Gasteiger partial charge in [0.2, 0.25) is 0 Å². The minimum Gasteiger partial charge on any atom is -0.459 e. The largest absolute Gasteiger partial charge is 0.459 e. The summed E-state index contributed by atoms with van der Waals surface area (Å²) in [6.45, 7) is 1.41. The standard InChI is InChI=1S/C19H20N4O2/c24-19(17-10-6-12-25-17)23-11-5-4-9-16(23)18-21-20-14-22(18)13-15-7-2-1-3-8-15/h1-3,6-8,10,12,14,16H,4-5,9,11,13H2. The zero-order valence-corrected chi connectivity index (χ0v) is 13.9. The van der Waals surface area contributed by atoms with E-state index >= 15 is 0 Å². The highest BCUT2D eigenvalue weighted by atomic mass is 16.3. The molecule has 1 aromatic carbocycles. The fourth-order valence-electron chi connectivity index (χ4n) is 3.41. The predicted molar refractivity (Wildman–Crippen MR) is 91.9 cm³/mol. The highest BCUT2D eigenvalue weighted by Crippen LogP contribution is 2.31. The molecule has 0 radical (unpaired) electrons.